The topological polar surface area (TPSA) is 30.0 Å². The number of aldehydes is 1. The van der Waals surface area contributed by atoms with E-state index in [1.807, 2.05) is 18.2 Å². The zero-order valence-electron chi connectivity index (χ0n) is 6.70. The average molecular weight is 192 g/mol. The summed E-state index contributed by atoms with van der Waals surface area (Å²) in [6, 6.07) is 9.02. The molecule has 0 unspecified atom stereocenters. The molecule has 0 saturated carbocycles. The number of aromatic nitrogens is 1. The molecule has 0 aliphatic carbocycles. The third-order valence-electron chi connectivity index (χ3n) is 1.81. The maximum atomic E-state index is 10.5. The zero-order valence-corrected chi connectivity index (χ0v) is 7.45. The zero-order chi connectivity index (χ0) is 9.26. The molecule has 0 saturated heterocycles. The van der Waals surface area contributed by atoms with Crippen molar-refractivity contribution in [1.82, 2.24) is 4.98 Å². The predicted octanol–water partition coefficient (Wildman–Crippen LogP) is 2.70. The highest BCUT2D eigenvalue weighted by Gasteiger charge is 2.00. The van der Waals surface area contributed by atoms with Crippen LogP contribution in [0.5, 0.6) is 0 Å². The second-order valence-corrected chi connectivity index (χ2v) is 3.07. The van der Waals surface area contributed by atoms with Gasteiger partial charge >= 0.3 is 0 Å². The van der Waals surface area contributed by atoms with Gasteiger partial charge in [0.1, 0.15) is 5.69 Å². The molecule has 0 aliphatic heterocycles. The van der Waals surface area contributed by atoms with E-state index in [1.54, 1.807) is 12.1 Å². The van der Waals surface area contributed by atoms with Crippen LogP contribution in [0.25, 0.3) is 10.9 Å². The van der Waals surface area contributed by atoms with Crippen molar-refractivity contribution < 1.29 is 4.79 Å². The SMILES string of the molecule is O=Cc1ccc2cccc(Cl)c2n1. The van der Waals surface area contributed by atoms with Gasteiger partial charge in [0.15, 0.2) is 6.29 Å². The lowest BCUT2D eigenvalue weighted by molar-refractivity contribution is 0.111. The van der Waals surface area contributed by atoms with Gasteiger partial charge in [-0.15, -0.1) is 0 Å². The summed E-state index contributed by atoms with van der Waals surface area (Å²) in [7, 11) is 0. The molecule has 0 atom stereocenters. The number of para-hydroxylation sites is 1. The third-order valence-corrected chi connectivity index (χ3v) is 2.12. The number of halogens is 1. The Kier molecular flexibility index (Phi) is 1.99. The average Bonchev–Trinajstić information content (AvgIpc) is 2.18. The van der Waals surface area contributed by atoms with Crippen LogP contribution in [0.3, 0.4) is 0 Å². The number of benzene rings is 1. The van der Waals surface area contributed by atoms with Crippen molar-refractivity contribution in [3.05, 3.63) is 41.0 Å². The first kappa shape index (κ1) is 8.20. The van der Waals surface area contributed by atoms with E-state index in [1.165, 1.54) is 0 Å². The van der Waals surface area contributed by atoms with Gasteiger partial charge in [0.05, 0.1) is 10.5 Å². The molecule has 3 heteroatoms. The third kappa shape index (κ3) is 1.40. The van der Waals surface area contributed by atoms with Gasteiger partial charge < -0.3 is 0 Å². The normalized spacial score (nSPS) is 10.2. The molecule has 1 aromatic heterocycles. The molecule has 64 valence electrons. The van der Waals surface area contributed by atoms with Crippen LogP contribution in [0.15, 0.2) is 30.3 Å². The Hall–Kier alpha value is -1.41. The first-order valence-corrected chi connectivity index (χ1v) is 4.19. The Morgan fingerprint density at radius 2 is 2.08 bits per heavy atom. The predicted molar refractivity (Wildman–Crippen MR) is 52.1 cm³/mol. The molecule has 0 aliphatic rings. The van der Waals surface area contributed by atoms with Crippen LogP contribution in [0.1, 0.15) is 10.5 Å². The maximum Gasteiger partial charge on any atom is 0.168 e. The van der Waals surface area contributed by atoms with Crippen LogP contribution in [0, 0.1) is 0 Å². The number of fused-ring (bicyclic) bond motifs is 1. The Morgan fingerprint density at radius 1 is 1.23 bits per heavy atom. The van der Waals surface area contributed by atoms with Crippen LogP contribution in [0.2, 0.25) is 5.02 Å². The first-order valence-electron chi connectivity index (χ1n) is 3.82. The Balaban J connectivity index is 2.81. The van der Waals surface area contributed by atoms with Gasteiger partial charge in [0.25, 0.3) is 0 Å². The number of pyridine rings is 1. The van der Waals surface area contributed by atoms with Gasteiger partial charge in [-0.05, 0) is 12.1 Å². The number of hydrogen-bond acceptors (Lipinski definition) is 2. The lowest BCUT2D eigenvalue weighted by Crippen LogP contribution is -1.87. The van der Waals surface area contributed by atoms with E-state index >= 15 is 0 Å². The van der Waals surface area contributed by atoms with E-state index in [4.69, 9.17) is 11.6 Å². The summed E-state index contributed by atoms with van der Waals surface area (Å²) in [5.74, 6) is 0. The van der Waals surface area contributed by atoms with Crippen LogP contribution < -0.4 is 0 Å². The summed E-state index contributed by atoms with van der Waals surface area (Å²) in [6.45, 7) is 0. The van der Waals surface area contributed by atoms with Crippen molar-refractivity contribution in [2.75, 3.05) is 0 Å². The molecule has 0 N–H and O–H groups in total. The van der Waals surface area contributed by atoms with Crippen molar-refractivity contribution in [2.24, 2.45) is 0 Å². The van der Waals surface area contributed by atoms with E-state index in [0.29, 0.717) is 22.5 Å². The Morgan fingerprint density at radius 3 is 2.85 bits per heavy atom. The summed E-state index contributed by atoms with van der Waals surface area (Å²) in [4.78, 5) is 14.5. The fourth-order valence-electron chi connectivity index (χ4n) is 1.19. The minimum atomic E-state index is 0.403. The summed E-state index contributed by atoms with van der Waals surface area (Å²) in [5, 5.41) is 1.51. The van der Waals surface area contributed by atoms with Crippen molar-refractivity contribution in [1.29, 1.82) is 0 Å². The second-order valence-electron chi connectivity index (χ2n) is 2.67. The lowest BCUT2D eigenvalue weighted by atomic mass is 10.2. The summed E-state index contributed by atoms with van der Waals surface area (Å²) in [5.41, 5.74) is 1.08. The summed E-state index contributed by atoms with van der Waals surface area (Å²) >= 11 is 5.91. The van der Waals surface area contributed by atoms with Gasteiger partial charge in [-0.2, -0.15) is 0 Å². The van der Waals surface area contributed by atoms with Gasteiger partial charge in [-0.3, -0.25) is 4.79 Å². The Labute approximate surface area is 80.2 Å². The molecule has 0 bridgehead atoms. The number of carbonyl (C=O) groups excluding carboxylic acids is 1. The first-order chi connectivity index (χ1) is 6.31. The van der Waals surface area contributed by atoms with E-state index in [2.05, 4.69) is 4.98 Å². The number of carbonyl (C=O) groups is 1. The number of nitrogens with zero attached hydrogens (tertiary/aromatic N) is 1. The molecule has 0 fully saturated rings. The van der Waals surface area contributed by atoms with Gasteiger partial charge in [-0.1, -0.05) is 29.8 Å². The quantitative estimate of drug-likeness (QED) is 0.649. The van der Waals surface area contributed by atoms with Crippen LogP contribution >= 0.6 is 11.6 Å². The van der Waals surface area contributed by atoms with E-state index in [0.717, 1.165) is 5.39 Å². The van der Waals surface area contributed by atoms with Crippen LogP contribution in [-0.2, 0) is 0 Å². The highest BCUT2D eigenvalue weighted by atomic mass is 35.5. The molecular formula is C10H6ClNO. The molecule has 0 spiro atoms. The molecule has 2 nitrogen and oxygen atoms in total. The molecule has 0 radical (unpaired) electrons. The maximum absolute atomic E-state index is 10.5. The molecule has 1 aromatic carbocycles. The smallest absolute Gasteiger partial charge is 0.168 e. The Bertz CT molecular complexity index is 467. The van der Waals surface area contributed by atoms with Gasteiger partial charge in [0, 0.05) is 5.39 Å². The highest BCUT2D eigenvalue weighted by molar-refractivity contribution is 6.35. The molecule has 13 heavy (non-hydrogen) atoms. The number of rotatable bonds is 1. The summed E-state index contributed by atoms with van der Waals surface area (Å²) in [6.07, 6.45) is 0.711. The van der Waals surface area contributed by atoms with E-state index in [-0.39, 0.29) is 0 Å². The standard InChI is InChI=1S/C10H6ClNO/c11-9-3-1-2-7-4-5-8(6-13)12-10(7)9/h1-6H. The fraction of sp³-hybridized carbons (Fsp3) is 0. The highest BCUT2D eigenvalue weighted by Crippen LogP contribution is 2.20. The minimum Gasteiger partial charge on any atom is -0.296 e. The van der Waals surface area contributed by atoms with Crippen molar-refractivity contribution in [2.45, 2.75) is 0 Å². The van der Waals surface area contributed by atoms with Crippen molar-refractivity contribution in [3.63, 3.8) is 0 Å². The van der Waals surface area contributed by atoms with Crippen molar-refractivity contribution in [3.8, 4) is 0 Å². The van der Waals surface area contributed by atoms with E-state index < -0.39 is 0 Å². The second kappa shape index (κ2) is 3.15. The monoisotopic (exact) mass is 191 g/mol. The molecular weight excluding hydrogens is 186 g/mol. The van der Waals surface area contributed by atoms with Crippen LogP contribution in [-0.4, -0.2) is 11.3 Å². The molecule has 1 heterocycles. The van der Waals surface area contributed by atoms with Crippen molar-refractivity contribution >= 4 is 28.8 Å². The lowest BCUT2D eigenvalue weighted by Gasteiger charge is -1.98. The largest absolute Gasteiger partial charge is 0.296 e. The van der Waals surface area contributed by atoms with Gasteiger partial charge in [-0.25, -0.2) is 4.98 Å². The van der Waals surface area contributed by atoms with Crippen LogP contribution in [0.4, 0.5) is 0 Å². The summed E-state index contributed by atoms with van der Waals surface area (Å²) < 4.78 is 0. The van der Waals surface area contributed by atoms with E-state index in [9.17, 15) is 4.79 Å². The number of hydrogen-bond donors (Lipinski definition) is 0. The van der Waals surface area contributed by atoms with Gasteiger partial charge in [0.2, 0.25) is 0 Å². The molecule has 2 rings (SSSR count). The molecule has 0 amide bonds. The minimum absolute atomic E-state index is 0.403. The fourth-order valence-corrected chi connectivity index (χ4v) is 1.42. The molecule has 2 aromatic rings.